The zero-order chi connectivity index (χ0) is 97.2. The third-order valence-corrected chi connectivity index (χ3v) is 25.2. The maximum atomic E-state index is 11.8. The van der Waals surface area contributed by atoms with Crippen molar-refractivity contribution in [2.75, 3.05) is 7.11 Å². The summed E-state index contributed by atoms with van der Waals surface area (Å²) in [5.74, 6) is 4.22. The van der Waals surface area contributed by atoms with Gasteiger partial charge in [0.15, 0.2) is 5.43 Å². The number of para-hydroxylation sites is 10. The maximum Gasteiger partial charge on any atom is 1.00 e. The predicted molar refractivity (Wildman–Crippen MR) is 579 cm³/mol. The molecule has 12 aromatic carbocycles. The Hall–Kier alpha value is -12.7. The summed E-state index contributed by atoms with van der Waals surface area (Å²) in [7, 11) is 3.43. The number of hydrogen-bond donors (Lipinski definition) is 4. The number of halogens is 5. The molecule has 0 radical (unpaired) electrons. The molecule has 692 valence electrons. The molecular formula is C112H80Br2ClCs2FIN16O8+. The molecule has 27 rings (SSSR count). The topological polar surface area (TPSA) is 290 Å². The molecule has 0 atom stereocenters. The van der Waals surface area contributed by atoms with Crippen LogP contribution in [0.5, 0.6) is 17.2 Å². The van der Waals surface area contributed by atoms with E-state index in [9.17, 15) is 9.18 Å². The van der Waals surface area contributed by atoms with Gasteiger partial charge >= 0.3 is 144 Å². The molecule has 0 unspecified atom stereocenters. The molecule has 31 heteroatoms. The van der Waals surface area contributed by atoms with Crippen LogP contribution in [0.2, 0.25) is 5.15 Å². The number of aliphatic carboxylic acids is 1. The summed E-state index contributed by atoms with van der Waals surface area (Å²) in [4.78, 5) is 81.3. The van der Waals surface area contributed by atoms with E-state index < -0.39 is 5.97 Å². The number of H-pyrrole nitrogens is 2. The zero-order valence-corrected chi connectivity index (χ0v) is 95.9. The fourth-order valence-electron chi connectivity index (χ4n) is 17.5. The van der Waals surface area contributed by atoms with Crippen molar-refractivity contribution in [1.82, 2.24) is 77.2 Å². The van der Waals surface area contributed by atoms with Gasteiger partial charge in [-0.3, -0.25) is 46.7 Å². The first-order valence-corrected chi connectivity index (χ1v) is 46.1. The van der Waals surface area contributed by atoms with Crippen molar-refractivity contribution >= 4 is 250 Å². The number of hydrogen-bond acceptors (Lipinski definition) is 16. The van der Waals surface area contributed by atoms with Gasteiger partial charge in [0.25, 0.3) is 7.40 Å². The molecular weight excluding hydrogens is 2300 g/mol. The van der Waals surface area contributed by atoms with E-state index in [4.69, 9.17) is 57.1 Å². The molecule has 0 amide bonds. The molecule has 0 fully saturated rings. The number of methoxy groups -OCH3 is 1. The van der Waals surface area contributed by atoms with E-state index in [1.807, 2.05) is 207 Å². The molecule has 15 aromatic heterocycles. The zero-order valence-electron chi connectivity index (χ0n) is 78.1. The van der Waals surface area contributed by atoms with Crippen LogP contribution in [0, 0.1) is 17.7 Å². The number of benzene rings is 12. The van der Waals surface area contributed by atoms with Crippen LogP contribution in [-0.2, 0) is 14.5 Å². The van der Waals surface area contributed by atoms with Crippen molar-refractivity contribution in [2.24, 2.45) is 0 Å². The number of carbonyl (C=O) groups excluding carboxylic acids is 1. The summed E-state index contributed by atoms with van der Waals surface area (Å²) < 4.78 is 39.8. The summed E-state index contributed by atoms with van der Waals surface area (Å²) in [5.41, 5.74) is 23.7. The van der Waals surface area contributed by atoms with Crippen molar-refractivity contribution in [3.05, 3.63) is 419 Å². The van der Waals surface area contributed by atoms with Gasteiger partial charge < -0.3 is 33.8 Å². The van der Waals surface area contributed by atoms with Crippen molar-refractivity contribution < 1.29 is 176 Å². The Labute approximate surface area is 971 Å². The van der Waals surface area contributed by atoms with Gasteiger partial charge in [0.2, 0.25) is 0 Å². The van der Waals surface area contributed by atoms with Crippen molar-refractivity contribution in [1.29, 1.82) is 1.43 Å². The third kappa shape index (κ3) is 21.6. The number of fused-ring (bicyclic) bond motifs is 31. The van der Waals surface area contributed by atoms with Crippen LogP contribution in [0.15, 0.2) is 392 Å². The Balaban J connectivity index is 0.000000127. The molecule has 0 saturated heterocycles. The second kappa shape index (κ2) is 47.2. The van der Waals surface area contributed by atoms with E-state index in [1.165, 1.54) is 32.8 Å². The first kappa shape index (κ1) is 102. The van der Waals surface area contributed by atoms with Crippen LogP contribution in [0.25, 0.3) is 195 Å². The van der Waals surface area contributed by atoms with Crippen LogP contribution in [0.1, 0.15) is 12.5 Å². The number of nitrogens with zero attached hydrogens (tertiary/aromatic N) is 14. The van der Waals surface area contributed by atoms with E-state index in [1.54, 1.807) is 32.6 Å². The monoisotopic (exact) mass is 2380 g/mol. The van der Waals surface area contributed by atoms with E-state index in [0.29, 0.717) is 5.15 Å². The van der Waals surface area contributed by atoms with Gasteiger partial charge in [-0.05, 0) is 248 Å². The van der Waals surface area contributed by atoms with Crippen LogP contribution < -0.4 is 153 Å². The van der Waals surface area contributed by atoms with E-state index in [-0.39, 0.29) is 167 Å². The van der Waals surface area contributed by atoms with Gasteiger partial charge in [0.05, 0.1) is 110 Å². The number of imidazole rings is 4. The fourth-order valence-corrected chi connectivity index (χ4v) is 18.3. The Morgan fingerprint density at radius 2 is 0.888 bits per heavy atom. The molecule has 0 aliphatic heterocycles. The number of aryl methyl sites for hydroxylation is 1. The number of aromatic amines is 2. The maximum absolute atomic E-state index is 11.8. The number of carbonyl (C=O) groups is 2. The number of carboxylic acid groups (broad SMARTS) is 1. The minimum atomic E-state index is -0.833. The summed E-state index contributed by atoms with van der Waals surface area (Å²) in [6.45, 7) is 3.19. The Bertz CT molecular complexity index is 9400. The smallest absolute Gasteiger partial charge is 0.497 e. The van der Waals surface area contributed by atoms with Crippen molar-refractivity contribution in [3.63, 3.8) is 0 Å². The molecule has 4 N–H and O–H groups in total. The molecule has 0 bridgehead atoms. The first-order valence-electron chi connectivity index (χ1n) is 44.2. The SMILES string of the molecule is Br.Brc1ccc2c3ccccc3n(-c3ccccn3)c2c1.CC(=O)O.COc1ccc2c(c1)c1nc3ccccc3n1c1cccnc21.Cc1cccc(-c2nc3ccccc3[nH]2)c1.Clc1ncccc1I.O=c1ccc2c(c1)c1nc3ccccc3n1c1ccc[nH]c21.[2H]OOC=O.[CH2-]F.[Cs+].[Cs+].c1ccc(-n2c3ccccc3c3ccc(Oc4ccc5c(c4)c4nc6ccccc6n4c4cccnc54)cc32)nc1. The van der Waals surface area contributed by atoms with Crippen LogP contribution in [0.3, 0.4) is 0 Å². The second-order valence-corrected chi connectivity index (χ2v) is 34.2. The number of aromatic nitrogens is 16. The minimum Gasteiger partial charge on any atom is -0.497 e. The third-order valence-electron chi connectivity index (χ3n) is 23.2. The normalized spacial score (nSPS) is 10.9. The molecule has 27 aromatic rings. The molecule has 0 spiro atoms. The average molecular weight is 2390 g/mol. The first-order chi connectivity index (χ1) is 69.1. The second-order valence-electron chi connectivity index (χ2n) is 31.8. The van der Waals surface area contributed by atoms with Gasteiger partial charge in [0, 0.05) is 114 Å². The van der Waals surface area contributed by atoms with Gasteiger partial charge in [0.1, 0.15) is 56.8 Å². The quantitative estimate of drug-likeness (QED) is 0.0209. The molecule has 0 saturated carbocycles. The number of carboxylic acids is 1. The standard InChI is InChI=1S/C35H21N5O.C19H13N3O.C18H11N3O.C17H11BrN2.C14H12N2.C5H3ClIN.C2H4O2.CH2F.CH2O3.BrH.2Cs/c1-3-10-29-24(8-1)25-16-14-23(21-32(25)39(29)33-13-5-6-18-36-33)41-22-15-17-26-27(20-22)35-38-28-9-2-4-11-30(28)40(35)31-12-7-19-37-34(26)31;1-23-12-8-9-13-14(11-12)19-21-15-5-2-3-6-16(15)22(19)17-7-4-10-20-18(13)17;22-11-7-8-12-13(10-11)18-20-14-4-1-2-5-15(14)21(18)16-6-3-9-19-17(12)16;18-12-8-9-14-13-5-1-2-6-15(13)20(16(14)11-12)17-7-3-4-10-19-17;1-10-5-4-6-11(9-10)14-15-12-7-2-3-8-13(12)16-14;6-5-4(7)2-1-3-8-5;1-2(3)4;1-2;2-1-4-3;;;/h1-21H;2-11H,1H3;1-10,19H;1-11H;2-9H,1H3,(H,15,16);1-3H;1H3,(H,3,4);1H2;1,3H;1H;;/q;;;;;;;-1;;;2*+1/i/hD. The molecule has 24 nitrogen and oxygen atoms in total. The van der Waals surface area contributed by atoms with Crippen LogP contribution >= 0.6 is 67.1 Å². The minimum absolute atomic E-state index is 0. The van der Waals surface area contributed by atoms with E-state index in [2.05, 4.69) is 271 Å². The molecule has 15 heterocycles. The van der Waals surface area contributed by atoms with Crippen LogP contribution in [-0.4, -0.2) is 107 Å². The number of rotatable bonds is 8. The summed E-state index contributed by atoms with van der Waals surface area (Å²) in [6.07, 6.45) is 10.9. The largest absolute Gasteiger partial charge is 1.00 e. The summed E-state index contributed by atoms with van der Waals surface area (Å²) in [5, 5.41) is 22.0. The van der Waals surface area contributed by atoms with E-state index >= 15 is 0 Å². The Morgan fingerprint density at radius 3 is 1.40 bits per heavy atom. The molecule has 143 heavy (non-hydrogen) atoms. The van der Waals surface area contributed by atoms with Gasteiger partial charge in [-0.1, -0.05) is 154 Å². The fraction of sp³-hybridized carbons (Fsp3) is 0.0268. The van der Waals surface area contributed by atoms with E-state index in [0.717, 1.165) is 198 Å². The Morgan fingerprint density at radius 1 is 0.448 bits per heavy atom. The number of pyridine rings is 9. The average Bonchev–Trinajstić information content (AvgIpc) is 1.54. The molecule has 0 aliphatic carbocycles. The van der Waals surface area contributed by atoms with Crippen molar-refractivity contribution in [3.8, 4) is 40.3 Å². The van der Waals surface area contributed by atoms with Gasteiger partial charge in [-0.15, -0.1) is 17.0 Å². The number of ether oxygens (including phenoxy) is 2. The predicted octanol–water partition coefficient (Wildman–Crippen LogP) is 22.0. The summed E-state index contributed by atoms with van der Waals surface area (Å²) >= 11 is 11.3. The van der Waals surface area contributed by atoms with Crippen molar-refractivity contribution in [2.45, 2.75) is 13.8 Å². The number of nitrogens with one attached hydrogen (secondary N) is 2. The van der Waals surface area contributed by atoms with Crippen LogP contribution in [0.4, 0.5) is 4.39 Å². The Kier molecular flexibility index (Phi) is 33.6. The van der Waals surface area contributed by atoms with Gasteiger partial charge in [-0.25, -0.2) is 40.1 Å². The summed E-state index contributed by atoms with van der Waals surface area (Å²) in [6, 6.07) is 116. The molecule has 0 aliphatic rings. The van der Waals surface area contributed by atoms with Gasteiger partial charge in [-0.2, -0.15) is 7.18 Å².